The molecule has 0 heterocycles. The Hall–Kier alpha value is -1.95. The Labute approximate surface area is 97.2 Å². The van der Waals surface area contributed by atoms with Gasteiger partial charge in [-0.25, -0.2) is 4.39 Å². The van der Waals surface area contributed by atoms with Crippen LogP contribution in [0.15, 0.2) is 24.3 Å². The molecule has 0 spiro atoms. The summed E-state index contributed by atoms with van der Waals surface area (Å²) in [5.41, 5.74) is 0.665. The minimum absolute atomic E-state index is 0.0356. The molecule has 1 aromatic rings. The van der Waals surface area contributed by atoms with E-state index in [1.54, 1.807) is 0 Å². The number of nitrogens with one attached hydrogen (secondary N) is 1. The zero-order chi connectivity index (χ0) is 12.7. The van der Waals surface area contributed by atoms with Crippen LogP contribution in [0.3, 0.4) is 0 Å². The van der Waals surface area contributed by atoms with Gasteiger partial charge in [-0.3, -0.25) is 14.9 Å². The molecule has 0 unspecified atom stereocenters. The zero-order valence-corrected chi connectivity index (χ0v) is 8.98. The normalized spacial score (nSPS) is 9.94. The fourth-order valence-corrected chi connectivity index (χ4v) is 1.07. The summed E-state index contributed by atoms with van der Waals surface area (Å²) < 4.78 is 17.4. The molecular weight excluding hydrogens is 229 g/mol. The van der Waals surface area contributed by atoms with Crippen molar-refractivity contribution in [3.63, 3.8) is 0 Å². The molecule has 0 aliphatic heterocycles. The van der Waals surface area contributed by atoms with Crippen LogP contribution in [0.1, 0.15) is 5.56 Å². The van der Waals surface area contributed by atoms with Crippen molar-refractivity contribution >= 4 is 11.9 Å². The zero-order valence-electron chi connectivity index (χ0n) is 8.98. The molecule has 0 radical (unpaired) electrons. The van der Waals surface area contributed by atoms with Crippen molar-refractivity contribution in [3.8, 4) is 0 Å². The van der Waals surface area contributed by atoms with Gasteiger partial charge in [0.25, 0.3) is 0 Å². The highest BCUT2D eigenvalue weighted by atomic mass is 19.1. The van der Waals surface area contributed by atoms with E-state index in [1.165, 1.54) is 24.3 Å². The molecule has 0 aromatic heterocycles. The van der Waals surface area contributed by atoms with Crippen molar-refractivity contribution < 1.29 is 23.8 Å². The molecule has 6 heteroatoms. The standard InChI is InChI=1S/C11H12FNO4/c12-9-3-1-8(2-4-9)7-17-11(16)6-13-5-10(14)15/h1-4,13H,5-7H2,(H,14,15). The number of hydrogen-bond acceptors (Lipinski definition) is 4. The van der Waals surface area contributed by atoms with E-state index >= 15 is 0 Å². The quantitative estimate of drug-likeness (QED) is 0.711. The molecule has 5 nitrogen and oxygen atoms in total. The molecule has 1 rings (SSSR count). The molecule has 0 atom stereocenters. The average Bonchev–Trinajstić information content (AvgIpc) is 2.28. The van der Waals surface area contributed by atoms with Gasteiger partial charge in [0.1, 0.15) is 12.4 Å². The van der Waals surface area contributed by atoms with Gasteiger partial charge in [-0.05, 0) is 17.7 Å². The monoisotopic (exact) mass is 241 g/mol. The van der Waals surface area contributed by atoms with E-state index in [9.17, 15) is 14.0 Å². The van der Waals surface area contributed by atoms with Gasteiger partial charge in [0, 0.05) is 0 Å². The van der Waals surface area contributed by atoms with E-state index in [-0.39, 0.29) is 25.5 Å². The van der Waals surface area contributed by atoms with Gasteiger partial charge in [-0.2, -0.15) is 0 Å². The molecule has 0 saturated carbocycles. The molecule has 0 bridgehead atoms. The second kappa shape index (κ2) is 6.59. The van der Waals surface area contributed by atoms with E-state index in [2.05, 4.69) is 5.32 Å². The van der Waals surface area contributed by atoms with Gasteiger partial charge in [0.15, 0.2) is 0 Å². The molecular formula is C11H12FNO4. The molecule has 0 aliphatic carbocycles. The van der Waals surface area contributed by atoms with Crippen LogP contribution in [0, 0.1) is 5.82 Å². The van der Waals surface area contributed by atoms with Crippen LogP contribution in [-0.2, 0) is 20.9 Å². The van der Waals surface area contributed by atoms with Crippen LogP contribution < -0.4 is 5.32 Å². The van der Waals surface area contributed by atoms with Gasteiger partial charge in [-0.1, -0.05) is 12.1 Å². The third-order valence-corrected chi connectivity index (χ3v) is 1.86. The molecule has 1 aromatic carbocycles. The topological polar surface area (TPSA) is 75.6 Å². The molecule has 2 N–H and O–H groups in total. The maximum absolute atomic E-state index is 12.6. The predicted molar refractivity (Wildman–Crippen MR) is 56.7 cm³/mol. The summed E-state index contributed by atoms with van der Waals surface area (Å²) in [6.45, 7) is -0.437. The predicted octanol–water partition coefficient (Wildman–Crippen LogP) is 0.543. The van der Waals surface area contributed by atoms with E-state index in [0.717, 1.165) is 0 Å². The highest BCUT2D eigenvalue weighted by Crippen LogP contribution is 2.03. The summed E-state index contributed by atoms with van der Waals surface area (Å²) in [5.74, 6) is -1.96. The third kappa shape index (κ3) is 5.62. The number of carbonyl (C=O) groups excluding carboxylic acids is 1. The Balaban J connectivity index is 2.23. The molecule has 0 amide bonds. The smallest absolute Gasteiger partial charge is 0.320 e. The Morgan fingerprint density at radius 1 is 1.24 bits per heavy atom. The van der Waals surface area contributed by atoms with E-state index in [0.29, 0.717) is 5.56 Å². The lowest BCUT2D eigenvalue weighted by atomic mass is 10.2. The van der Waals surface area contributed by atoms with Crippen molar-refractivity contribution in [3.05, 3.63) is 35.6 Å². The Morgan fingerprint density at radius 2 is 1.88 bits per heavy atom. The first-order valence-corrected chi connectivity index (χ1v) is 4.90. The average molecular weight is 241 g/mol. The first-order valence-electron chi connectivity index (χ1n) is 4.90. The van der Waals surface area contributed by atoms with Crippen molar-refractivity contribution in [2.24, 2.45) is 0 Å². The fraction of sp³-hybridized carbons (Fsp3) is 0.273. The summed E-state index contributed by atoms with van der Waals surface area (Å²) >= 11 is 0. The summed E-state index contributed by atoms with van der Waals surface area (Å²) in [5, 5.41) is 10.7. The molecule has 0 fully saturated rings. The number of carboxylic acids is 1. The van der Waals surface area contributed by atoms with Crippen LogP contribution >= 0.6 is 0 Å². The van der Waals surface area contributed by atoms with Crippen molar-refractivity contribution in [2.75, 3.05) is 13.1 Å². The van der Waals surface area contributed by atoms with E-state index < -0.39 is 11.9 Å². The summed E-state index contributed by atoms with van der Waals surface area (Å²) in [6.07, 6.45) is 0. The lowest BCUT2D eigenvalue weighted by Gasteiger charge is -2.05. The number of halogens is 1. The number of rotatable bonds is 6. The highest BCUT2D eigenvalue weighted by molar-refractivity contribution is 5.73. The van der Waals surface area contributed by atoms with Crippen molar-refractivity contribution in [1.82, 2.24) is 5.32 Å². The summed E-state index contributed by atoms with van der Waals surface area (Å²) in [7, 11) is 0. The summed E-state index contributed by atoms with van der Waals surface area (Å²) in [6, 6.07) is 5.55. The first-order chi connectivity index (χ1) is 8.08. The SMILES string of the molecule is O=C(O)CNCC(=O)OCc1ccc(F)cc1. The number of aliphatic carboxylic acids is 1. The fourth-order valence-electron chi connectivity index (χ4n) is 1.07. The maximum Gasteiger partial charge on any atom is 0.320 e. The van der Waals surface area contributed by atoms with Gasteiger partial charge in [0.2, 0.25) is 0 Å². The van der Waals surface area contributed by atoms with Crippen molar-refractivity contribution in [2.45, 2.75) is 6.61 Å². The minimum atomic E-state index is -1.05. The van der Waals surface area contributed by atoms with Gasteiger partial charge >= 0.3 is 11.9 Å². The van der Waals surface area contributed by atoms with Crippen LogP contribution in [0.5, 0.6) is 0 Å². The maximum atomic E-state index is 12.6. The Morgan fingerprint density at radius 3 is 2.47 bits per heavy atom. The number of ether oxygens (including phenoxy) is 1. The second-order valence-electron chi connectivity index (χ2n) is 3.28. The van der Waals surface area contributed by atoms with Gasteiger partial charge in [0.05, 0.1) is 13.1 Å². The lowest BCUT2D eigenvalue weighted by Crippen LogP contribution is -2.29. The third-order valence-electron chi connectivity index (χ3n) is 1.86. The number of hydrogen-bond donors (Lipinski definition) is 2. The van der Waals surface area contributed by atoms with Crippen LogP contribution in [0.4, 0.5) is 4.39 Å². The first kappa shape index (κ1) is 13.1. The molecule has 17 heavy (non-hydrogen) atoms. The minimum Gasteiger partial charge on any atom is -0.480 e. The van der Waals surface area contributed by atoms with Crippen LogP contribution in [-0.4, -0.2) is 30.1 Å². The number of benzene rings is 1. The second-order valence-corrected chi connectivity index (χ2v) is 3.28. The number of esters is 1. The Kier molecular flexibility index (Phi) is 5.09. The largest absolute Gasteiger partial charge is 0.480 e. The summed E-state index contributed by atoms with van der Waals surface area (Å²) in [4.78, 5) is 21.3. The molecule has 0 aliphatic rings. The number of carboxylic acid groups (broad SMARTS) is 1. The van der Waals surface area contributed by atoms with Gasteiger partial charge in [-0.15, -0.1) is 0 Å². The number of carbonyl (C=O) groups is 2. The molecule has 92 valence electrons. The van der Waals surface area contributed by atoms with Crippen LogP contribution in [0.2, 0.25) is 0 Å². The van der Waals surface area contributed by atoms with Crippen molar-refractivity contribution in [1.29, 1.82) is 0 Å². The van der Waals surface area contributed by atoms with E-state index in [4.69, 9.17) is 9.84 Å². The van der Waals surface area contributed by atoms with Gasteiger partial charge < -0.3 is 9.84 Å². The van der Waals surface area contributed by atoms with Crippen LogP contribution in [0.25, 0.3) is 0 Å². The Bertz CT molecular complexity index is 391. The van der Waals surface area contributed by atoms with E-state index in [1.807, 2.05) is 0 Å². The highest BCUT2D eigenvalue weighted by Gasteiger charge is 2.04. The lowest BCUT2D eigenvalue weighted by molar-refractivity contribution is -0.144. The molecule has 0 saturated heterocycles.